The number of fused-ring (bicyclic) bond motifs is 3. The Hall–Kier alpha value is -4.42. The fourth-order valence-corrected chi connectivity index (χ4v) is 6.39. The van der Waals surface area contributed by atoms with Gasteiger partial charge in [0, 0.05) is 0 Å². The molecule has 0 nitrogen and oxygen atoms in total. The first-order valence-corrected chi connectivity index (χ1v) is 13.0. The zero-order valence-corrected chi connectivity index (χ0v) is 21.5. The van der Waals surface area contributed by atoms with Crippen molar-refractivity contribution < 1.29 is 0 Å². The van der Waals surface area contributed by atoms with E-state index in [1.54, 1.807) is 0 Å². The highest BCUT2D eigenvalue weighted by Gasteiger charge is 2.22. The zero-order valence-electron chi connectivity index (χ0n) is 21.5. The van der Waals surface area contributed by atoms with Gasteiger partial charge in [-0.3, -0.25) is 0 Å². The molecular weight excluding hydrogens is 444 g/mol. The van der Waals surface area contributed by atoms with E-state index in [9.17, 15) is 0 Å². The lowest BCUT2D eigenvalue weighted by molar-refractivity contribution is 1.32. The SMILES string of the molecule is Cc1cc(C)c(-c2ccc(-c3cccc(-c4ccc5c6c(cccc46)-c4ccccc4-5)c3)cc2)c(C)c1. The van der Waals surface area contributed by atoms with Crippen LogP contribution in [0.4, 0.5) is 0 Å². The third kappa shape index (κ3) is 3.44. The van der Waals surface area contributed by atoms with Gasteiger partial charge in [-0.05, 0) is 104 Å². The van der Waals surface area contributed by atoms with Gasteiger partial charge in [0.15, 0.2) is 0 Å². The van der Waals surface area contributed by atoms with Crippen LogP contribution in [0.2, 0.25) is 0 Å². The van der Waals surface area contributed by atoms with Gasteiger partial charge in [-0.25, -0.2) is 0 Å². The Morgan fingerprint density at radius 1 is 0.378 bits per heavy atom. The fourth-order valence-electron chi connectivity index (χ4n) is 6.39. The van der Waals surface area contributed by atoms with Gasteiger partial charge < -0.3 is 0 Å². The summed E-state index contributed by atoms with van der Waals surface area (Å²) in [7, 11) is 0. The molecule has 0 heteroatoms. The summed E-state index contributed by atoms with van der Waals surface area (Å²) in [5, 5.41) is 2.70. The molecule has 0 N–H and O–H groups in total. The van der Waals surface area contributed by atoms with Crippen molar-refractivity contribution in [3.05, 3.63) is 132 Å². The minimum absolute atomic E-state index is 1.24. The molecule has 0 aromatic heterocycles. The summed E-state index contributed by atoms with van der Waals surface area (Å²) in [5.41, 5.74) is 17.0. The quantitative estimate of drug-likeness (QED) is 0.240. The maximum atomic E-state index is 2.34. The number of benzene rings is 6. The minimum atomic E-state index is 1.24. The highest BCUT2D eigenvalue weighted by molar-refractivity contribution is 6.18. The van der Waals surface area contributed by atoms with Crippen LogP contribution < -0.4 is 0 Å². The largest absolute Gasteiger partial charge is 0.0616 e. The maximum Gasteiger partial charge on any atom is -0.00201 e. The molecule has 6 aromatic carbocycles. The standard InChI is InChI=1S/C37H28/c1-23-20-24(2)36(25(3)21-23)27-16-14-26(15-17-27)28-8-6-9-29(22-28)30-18-19-35-32-11-5-4-10-31(32)34-13-7-12-33(30)37(34)35/h4-22H,1-3H3. The van der Waals surface area contributed by atoms with Crippen molar-refractivity contribution in [2.24, 2.45) is 0 Å². The van der Waals surface area contributed by atoms with Crippen molar-refractivity contribution in [1.29, 1.82) is 0 Å². The van der Waals surface area contributed by atoms with E-state index in [4.69, 9.17) is 0 Å². The Morgan fingerprint density at radius 3 is 1.68 bits per heavy atom. The Labute approximate surface area is 218 Å². The van der Waals surface area contributed by atoms with Crippen LogP contribution in [0.1, 0.15) is 16.7 Å². The van der Waals surface area contributed by atoms with Crippen LogP contribution in [0, 0.1) is 20.8 Å². The number of rotatable bonds is 3. The summed E-state index contributed by atoms with van der Waals surface area (Å²) in [6.07, 6.45) is 0. The zero-order chi connectivity index (χ0) is 25.1. The highest BCUT2D eigenvalue weighted by Crippen LogP contribution is 2.49. The van der Waals surface area contributed by atoms with Crippen molar-refractivity contribution in [3.8, 4) is 55.6 Å². The molecule has 0 aliphatic heterocycles. The molecule has 176 valence electrons. The Morgan fingerprint density at radius 2 is 0.946 bits per heavy atom. The summed E-state index contributed by atoms with van der Waals surface area (Å²) < 4.78 is 0. The van der Waals surface area contributed by atoms with E-state index in [1.165, 1.54) is 83.1 Å². The van der Waals surface area contributed by atoms with Crippen LogP contribution in [-0.2, 0) is 0 Å². The van der Waals surface area contributed by atoms with Crippen molar-refractivity contribution in [2.75, 3.05) is 0 Å². The van der Waals surface area contributed by atoms with E-state index in [0.29, 0.717) is 0 Å². The molecule has 0 heterocycles. The normalized spacial score (nSPS) is 11.6. The summed E-state index contributed by atoms with van der Waals surface area (Å²) in [6, 6.07) is 42.7. The van der Waals surface area contributed by atoms with Crippen molar-refractivity contribution in [2.45, 2.75) is 20.8 Å². The van der Waals surface area contributed by atoms with Gasteiger partial charge in [0.05, 0.1) is 0 Å². The molecule has 1 aliphatic carbocycles. The van der Waals surface area contributed by atoms with Crippen LogP contribution in [0.25, 0.3) is 66.4 Å². The molecule has 0 spiro atoms. The molecule has 0 fully saturated rings. The summed E-state index contributed by atoms with van der Waals surface area (Å²) in [6.45, 7) is 6.59. The van der Waals surface area contributed by atoms with Crippen molar-refractivity contribution in [1.82, 2.24) is 0 Å². The molecule has 0 saturated heterocycles. The lowest BCUT2D eigenvalue weighted by atomic mass is 9.91. The van der Waals surface area contributed by atoms with Crippen LogP contribution in [0.3, 0.4) is 0 Å². The third-order valence-electron chi connectivity index (χ3n) is 7.91. The monoisotopic (exact) mass is 472 g/mol. The smallest absolute Gasteiger partial charge is 0.00201 e. The molecule has 0 unspecified atom stereocenters. The van der Waals surface area contributed by atoms with E-state index in [-0.39, 0.29) is 0 Å². The topological polar surface area (TPSA) is 0 Å². The Kier molecular flexibility index (Phi) is 4.91. The van der Waals surface area contributed by atoms with Gasteiger partial charge in [-0.1, -0.05) is 115 Å². The van der Waals surface area contributed by atoms with Crippen molar-refractivity contribution >= 4 is 10.8 Å². The molecule has 7 rings (SSSR count). The lowest BCUT2D eigenvalue weighted by Gasteiger charge is -2.13. The van der Waals surface area contributed by atoms with Crippen LogP contribution in [0.5, 0.6) is 0 Å². The van der Waals surface area contributed by atoms with Crippen LogP contribution in [0.15, 0.2) is 115 Å². The number of aryl methyl sites for hydroxylation is 3. The third-order valence-corrected chi connectivity index (χ3v) is 7.91. The molecule has 1 aliphatic rings. The molecule has 0 saturated carbocycles. The molecule has 6 aromatic rings. The summed E-state index contributed by atoms with van der Waals surface area (Å²) in [4.78, 5) is 0. The highest BCUT2D eigenvalue weighted by atomic mass is 14.2. The van der Waals surface area contributed by atoms with Crippen LogP contribution >= 0.6 is 0 Å². The molecule has 0 radical (unpaired) electrons. The second-order valence-corrected chi connectivity index (χ2v) is 10.4. The van der Waals surface area contributed by atoms with Gasteiger partial charge in [0.2, 0.25) is 0 Å². The second kappa shape index (κ2) is 8.32. The molecule has 0 atom stereocenters. The van der Waals surface area contributed by atoms with Gasteiger partial charge in [0.1, 0.15) is 0 Å². The predicted octanol–water partition coefficient (Wildman–Crippen LogP) is 10.4. The first-order valence-electron chi connectivity index (χ1n) is 13.0. The predicted molar refractivity (Wildman–Crippen MR) is 159 cm³/mol. The molecule has 0 bridgehead atoms. The Balaban J connectivity index is 1.30. The van der Waals surface area contributed by atoms with Gasteiger partial charge in [-0.2, -0.15) is 0 Å². The summed E-state index contributed by atoms with van der Waals surface area (Å²) in [5.74, 6) is 0. The molecule has 37 heavy (non-hydrogen) atoms. The second-order valence-electron chi connectivity index (χ2n) is 10.4. The van der Waals surface area contributed by atoms with Gasteiger partial charge >= 0.3 is 0 Å². The van der Waals surface area contributed by atoms with Crippen LogP contribution in [-0.4, -0.2) is 0 Å². The molecule has 0 amide bonds. The first-order chi connectivity index (χ1) is 18.1. The lowest BCUT2D eigenvalue weighted by Crippen LogP contribution is -1.90. The first kappa shape index (κ1) is 21.8. The van der Waals surface area contributed by atoms with E-state index in [1.807, 2.05) is 0 Å². The minimum Gasteiger partial charge on any atom is -0.0616 e. The average Bonchev–Trinajstić information content (AvgIpc) is 3.24. The number of hydrogen-bond acceptors (Lipinski definition) is 0. The Bertz CT molecular complexity index is 1780. The molecular formula is C37H28. The van der Waals surface area contributed by atoms with E-state index in [2.05, 4.69) is 136 Å². The van der Waals surface area contributed by atoms with E-state index < -0.39 is 0 Å². The fraction of sp³-hybridized carbons (Fsp3) is 0.0811. The van der Waals surface area contributed by atoms with E-state index in [0.717, 1.165) is 0 Å². The van der Waals surface area contributed by atoms with Crippen molar-refractivity contribution in [3.63, 3.8) is 0 Å². The van der Waals surface area contributed by atoms with Gasteiger partial charge in [-0.15, -0.1) is 0 Å². The van der Waals surface area contributed by atoms with Gasteiger partial charge in [0.25, 0.3) is 0 Å². The number of hydrogen-bond donors (Lipinski definition) is 0. The van der Waals surface area contributed by atoms with E-state index >= 15 is 0 Å². The summed E-state index contributed by atoms with van der Waals surface area (Å²) >= 11 is 0. The maximum absolute atomic E-state index is 2.34. The average molecular weight is 473 g/mol.